The number of hydrogen-bond donors (Lipinski definition) is 3. The molecule has 8 nitrogen and oxygen atoms in total. The van der Waals surface area contributed by atoms with Crippen LogP contribution in [0.1, 0.15) is 10.4 Å². The van der Waals surface area contributed by atoms with Crippen molar-refractivity contribution in [2.45, 2.75) is 0 Å². The topological polar surface area (TPSA) is 111 Å². The van der Waals surface area contributed by atoms with Crippen LogP contribution in [-0.2, 0) is 0 Å². The number of nitrogens with two attached hydrogens (primary N) is 1. The zero-order valence-corrected chi connectivity index (χ0v) is 14.8. The quantitative estimate of drug-likeness (QED) is 0.497. The number of hydrogen-bond acceptors (Lipinski definition) is 6. The van der Waals surface area contributed by atoms with Crippen molar-refractivity contribution < 1.29 is 4.79 Å². The lowest BCUT2D eigenvalue weighted by atomic mass is 10.2. The van der Waals surface area contributed by atoms with Crippen LogP contribution in [0.4, 0.5) is 23.3 Å². The number of rotatable bonds is 5. The molecule has 8 heteroatoms. The standard InChI is InChI=1S/C20H17N7O/c21-19-25-20(26-27(19)17-8-4-5-13-22-17)24-16-11-9-15(10-12-16)23-18(28)14-6-2-1-3-7-14/h1-13H,(H,23,28)(H3,21,24,25,26). The van der Waals surface area contributed by atoms with Gasteiger partial charge in [-0.05, 0) is 48.5 Å². The van der Waals surface area contributed by atoms with Gasteiger partial charge in [-0.15, -0.1) is 5.10 Å². The van der Waals surface area contributed by atoms with Gasteiger partial charge in [0.2, 0.25) is 11.9 Å². The smallest absolute Gasteiger partial charge is 0.255 e. The molecule has 0 aliphatic heterocycles. The SMILES string of the molecule is Nc1nc(Nc2ccc(NC(=O)c3ccccc3)cc2)nn1-c1ccccn1. The first-order valence-corrected chi connectivity index (χ1v) is 8.56. The van der Waals surface area contributed by atoms with Crippen LogP contribution in [0.25, 0.3) is 5.82 Å². The number of nitrogens with zero attached hydrogens (tertiary/aromatic N) is 4. The number of anilines is 4. The Morgan fingerprint density at radius 3 is 2.32 bits per heavy atom. The molecule has 4 rings (SSSR count). The van der Waals surface area contributed by atoms with E-state index in [4.69, 9.17) is 5.73 Å². The van der Waals surface area contributed by atoms with Crippen molar-refractivity contribution in [1.82, 2.24) is 19.7 Å². The molecule has 4 aromatic rings. The first-order chi connectivity index (χ1) is 13.7. The van der Waals surface area contributed by atoms with Crippen molar-refractivity contribution in [3.8, 4) is 5.82 Å². The summed E-state index contributed by atoms with van der Waals surface area (Å²) < 4.78 is 1.46. The number of amides is 1. The van der Waals surface area contributed by atoms with Gasteiger partial charge >= 0.3 is 0 Å². The van der Waals surface area contributed by atoms with E-state index in [-0.39, 0.29) is 11.9 Å². The van der Waals surface area contributed by atoms with Crippen LogP contribution in [0.5, 0.6) is 0 Å². The zero-order valence-electron chi connectivity index (χ0n) is 14.8. The summed E-state index contributed by atoms with van der Waals surface area (Å²) in [5.74, 6) is 1.00. The molecule has 0 saturated carbocycles. The number of nitrogen functional groups attached to an aromatic ring is 1. The maximum absolute atomic E-state index is 12.2. The Morgan fingerprint density at radius 2 is 1.61 bits per heavy atom. The Morgan fingerprint density at radius 1 is 0.893 bits per heavy atom. The molecule has 0 fully saturated rings. The highest BCUT2D eigenvalue weighted by Crippen LogP contribution is 2.19. The predicted octanol–water partition coefficient (Wildman–Crippen LogP) is 3.24. The second kappa shape index (κ2) is 7.58. The number of nitrogens with one attached hydrogen (secondary N) is 2. The van der Waals surface area contributed by atoms with Gasteiger partial charge in [-0.2, -0.15) is 9.67 Å². The van der Waals surface area contributed by atoms with Crippen LogP contribution in [0, 0.1) is 0 Å². The van der Waals surface area contributed by atoms with Gasteiger partial charge in [0.05, 0.1) is 0 Å². The van der Waals surface area contributed by atoms with Crippen LogP contribution in [-0.4, -0.2) is 25.7 Å². The van der Waals surface area contributed by atoms with E-state index >= 15 is 0 Å². The Balaban J connectivity index is 1.44. The fraction of sp³-hybridized carbons (Fsp3) is 0. The number of pyridine rings is 1. The monoisotopic (exact) mass is 371 g/mol. The lowest BCUT2D eigenvalue weighted by Crippen LogP contribution is -2.11. The van der Waals surface area contributed by atoms with E-state index in [0.29, 0.717) is 23.0 Å². The second-order valence-electron chi connectivity index (χ2n) is 5.92. The first-order valence-electron chi connectivity index (χ1n) is 8.56. The van der Waals surface area contributed by atoms with Gasteiger partial charge in [-0.1, -0.05) is 24.3 Å². The number of carbonyl (C=O) groups is 1. The van der Waals surface area contributed by atoms with Gasteiger partial charge < -0.3 is 16.4 Å². The molecule has 0 spiro atoms. The summed E-state index contributed by atoms with van der Waals surface area (Å²) in [6, 6.07) is 21.7. The highest BCUT2D eigenvalue weighted by Gasteiger charge is 2.10. The Kier molecular flexibility index (Phi) is 4.67. The minimum atomic E-state index is -0.162. The van der Waals surface area contributed by atoms with Gasteiger partial charge in [0.15, 0.2) is 5.82 Å². The van der Waals surface area contributed by atoms with Crippen molar-refractivity contribution in [3.63, 3.8) is 0 Å². The molecule has 1 amide bonds. The number of benzene rings is 2. The molecule has 0 unspecified atom stereocenters. The van der Waals surface area contributed by atoms with E-state index in [9.17, 15) is 4.79 Å². The highest BCUT2D eigenvalue weighted by atomic mass is 16.1. The molecule has 2 aromatic carbocycles. The van der Waals surface area contributed by atoms with Crippen molar-refractivity contribution in [2.75, 3.05) is 16.4 Å². The summed E-state index contributed by atoms with van der Waals surface area (Å²) in [7, 11) is 0. The fourth-order valence-corrected chi connectivity index (χ4v) is 2.58. The van der Waals surface area contributed by atoms with Crippen LogP contribution in [0.2, 0.25) is 0 Å². The third-order valence-corrected chi connectivity index (χ3v) is 3.93. The van der Waals surface area contributed by atoms with E-state index < -0.39 is 0 Å². The molecule has 138 valence electrons. The van der Waals surface area contributed by atoms with E-state index in [2.05, 4.69) is 25.7 Å². The van der Waals surface area contributed by atoms with Gasteiger partial charge in [-0.3, -0.25) is 4.79 Å². The van der Waals surface area contributed by atoms with E-state index in [1.54, 1.807) is 36.5 Å². The molecule has 0 radical (unpaired) electrons. The summed E-state index contributed by atoms with van der Waals surface area (Å²) >= 11 is 0. The zero-order chi connectivity index (χ0) is 19.3. The molecular formula is C20H17N7O. The Hall–Kier alpha value is -4.20. The minimum absolute atomic E-state index is 0.162. The molecular weight excluding hydrogens is 354 g/mol. The van der Waals surface area contributed by atoms with Gasteiger partial charge in [0.1, 0.15) is 0 Å². The van der Waals surface area contributed by atoms with Crippen LogP contribution < -0.4 is 16.4 Å². The molecule has 0 atom stereocenters. The molecule has 0 bridgehead atoms. The molecule has 0 aliphatic carbocycles. The minimum Gasteiger partial charge on any atom is -0.368 e. The normalized spacial score (nSPS) is 10.4. The lowest BCUT2D eigenvalue weighted by Gasteiger charge is -2.07. The van der Waals surface area contributed by atoms with Crippen LogP contribution in [0.15, 0.2) is 79.0 Å². The second-order valence-corrected chi connectivity index (χ2v) is 5.92. The molecule has 4 N–H and O–H groups in total. The number of aromatic nitrogens is 4. The predicted molar refractivity (Wildman–Crippen MR) is 108 cm³/mol. The average molecular weight is 371 g/mol. The fourth-order valence-electron chi connectivity index (χ4n) is 2.58. The first kappa shape index (κ1) is 17.2. The molecule has 2 aromatic heterocycles. The Bertz CT molecular complexity index is 1080. The summed E-state index contributed by atoms with van der Waals surface area (Å²) in [6.07, 6.45) is 1.66. The highest BCUT2D eigenvalue weighted by molar-refractivity contribution is 6.04. The van der Waals surface area contributed by atoms with Crippen molar-refractivity contribution in [2.24, 2.45) is 0 Å². The summed E-state index contributed by atoms with van der Waals surface area (Å²) in [5.41, 5.74) is 7.97. The van der Waals surface area contributed by atoms with Gasteiger partial charge in [-0.25, -0.2) is 4.98 Å². The van der Waals surface area contributed by atoms with Gasteiger partial charge in [0.25, 0.3) is 5.91 Å². The van der Waals surface area contributed by atoms with E-state index in [1.165, 1.54) is 4.68 Å². The van der Waals surface area contributed by atoms with Gasteiger partial charge in [0, 0.05) is 23.1 Å². The number of carbonyl (C=O) groups excluding carboxylic acids is 1. The molecule has 28 heavy (non-hydrogen) atoms. The molecule has 2 heterocycles. The van der Waals surface area contributed by atoms with Crippen molar-refractivity contribution in [3.05, 3.63) is 84.6 Å². The molecule has 0 saturated heterocycles. The van der Waals surface area contributed by atoms with Crippen molar-refractivity contribution >= 4 is 29.2 Å². The maximum Gasteiger partial charge on any atom is 0.255 e. The summed E-state index contributed by atoms with van der Waals surface area (Å²) in [6.45, 7) is 0. The van der Waals surface area contributed by atoms with Crippen LogP contribution >= 0.6 is 0 Å². The summed E-state index contributed by atoms with van der Waals surface area (Å²) in [5, 5.41) is 10.3. The third-order valence-electron chi connectivity index (χ3n) is 3.93. The van der Waals surface area contributed by atoms with Crippen LogP contribution in [0.3, 0.4) is 0 Å². The lowest BCUT2D eigenvalue weighted by molar-refractivity contribution is 0.102. The largest absolute Gasteiger partial charge is 0.368 e. The van der Waals surface area contributed by atoms with Crippen molar-refractivity contribution in [1.29, 1.82) is 0 Å². The average Bonchev–Trinajstić information content (AvgIpc) is 3.11. The maximum atomic E-state index is 12.2. The molecule has 0 aliphatic rings. The summed E-state index contributed by atoms with van der Waals surface area (Å²) in [4.78, 5) is 20.6. The third kappa shape index (κ3) is 3.80. The van der Waals surface area contributed by atoms with E-state index in [0.717, 1.165) is 5.69 Å². The Labute approximate surface area is 161 Å². The van der Waals surface area contributed by atoms with E-state index in [1.807, 2.05) is 42.5 Å².